The summed E-state index contributed by atoms with van der Waals surface area (Å²) in [6.07, 6.45) is 3.87. The van der Waals surface area contributed by atoms with Gasteiger partial charge in [-0.1, -0.05) is 48.5 Å². The Labute approximate surface area is 264 Å². The van der Waals surface area contributed by atoms with Gasteiger partial charge in [0.15, 0.2) is 0 Å². The van der Waals surface area contributed by atoms with Gasteiger partial charge >= 0.3 is 0 Å². The number of carbonyl (C=O) groups excluding carboxylic acids is 1. The number of anilines is 1. The zero-order chi connectivity index (χ0) is 32.6. The van der Waals surface area contributed by atoms with Crippen LogP contribution in [0.1, 0.15) is 66.5 Å². The minimum atomic E-state index is -3.23. The van der Waals surface area contributed by atoms with Gasteiger partial charge in [0.25, 0.3) is 0 Å². The molecule has 244 valence electrons. The number of aryl methyl sites for hydroxylation is 2. The summed E-state index contributed by atoms with van der Waals surface area (Å²) in [5.41, 5.74) is 2.83. The number of sulfonamides is 1. The van der Waals surface area contributed by atoms with E-state index in [2.05, 4.69) is 4.72 Å². The van der Waals surface area contributed by atoms with Gasteiger partial charge in [-0.15, -0.1) is 0 Å². The number of nitrogens with zero attached hydrogens (tertiary/aromatic N) is 1. The molecule has 1 aliphatic rings. The van der Waals surface area contributed by atoms with Gasteiger partial charge in [0.2, 0.25) is 15.9 Å². The molecule has 0 aliphatic carbocycles. The van der Waals surface area contributed by atoms with Crippen molar-refractivity contribution in [1.82, 2.24) is 4.72 Å². The van der Waals surface area contributed by atoms with Crippen LogP contribution in [0, 0.1) is 11.7 Å². The predicted octanol–water partition coefficient (Wildman–Crippen LogP) is 3.56. The molecule has 0 bridgehead atoms. The lowest BCUT2D eigenvalue weighted by atomic mass is 9.78. The Morgan fingerprint density at radius 3 is 2.07 bits per heavy atom. The third kappa shape index (κ3) is 9.41. The van der Waals surface area contributed by atoms with Crippen LogP contribution in [0.25, 0.3) is 0 Å². The molecule has 1 fully saturated rings. The molecule has 45 heavy (non-hydrogen) atoms. The first-order valence-corrected chi connectivity index (χ1v) is 17.2. The van der Waals surface area contributed by atoms with Gasteiger partial charge in [0.05, 0.1) is 37.5 Å². The van der Waals surface area contributed by atoms with Crippen molar-refractivity contribution in [2.75, 3.05) is 30.9 Å². The molecule has 9 nitrogen and oxygen atoms in total. The minimum absolute atomic E-state index is 0.0484. The first-order valence-electron chi connectivity index (χ1n) is 15.3. The number of nitrogens with one attached hydrogen (secondary N) is 1. The van der Waals surface area contributed by atoms with E-state index >= 15 is 0 Å². The lowest BCUT2D eigenvalue weighted by molar-refractivity contribution is -0.131. The lowest BCUT2D eigenvalue weighted by Crippen LogP contribution is -2.55. The van der Waals surface area contributed by atoms with Crippen molar-refractivity contribution in [3.63, 3.8) is 0 Å². The molecule has 5 N–H and O–H groups in total. The molecule has 1 amide bonds. The maximum absolute atomic E-state index is 13.6. The van der Waals surface area contributed by atoms with Gasteiger partial charge in [0, 0.05) is 12.2 Å². The van der Waals surface area contributed by atoms with E-state index < -0.39 is 34.9 Å². The highest BCUT2D eigenvalue weighted by Crippen LogP contribution is 2.46. The second-order valence-corrected chi connectivity index (χ2v) is 13.8. The molecule has 3 unspecified atom stereocenters. The minimum Gasteiger partial charge on any atom is -0.393 e. The van der Waals surface area contributed by atoms with Crippen LogP contribution in [-0.4, -0.2) is 66.4 Å². The summed E-state index contributed by atoms with van der Waals surface area (Å²) in [6, 6.07) is 21.0. The molecule has 1 heterocycles. The van der Waals surface area contributed by atoms with Gasteiger partial charge in [-0.05, 0) is 91.5 Å². The van der Waals surface area contributed by atoms with Crippen LogP contribution < -0.4 is 9.62 Å². The number of aliphatic hydroxyl groups excluding tert-OH is 3. The summed E-state index contributed by atoms with van der Waals surface area (Å²) in [5.74, 6) is -0.794. The highest BCUT2D eigenvalue weighted by molar-refractivity contribution is 7.88. The maximum Gasteiger partial charge on any atom is 0.233 e. The first-order chi connectivity index (χ1) is 21.4. The van der Waals surface area contributed by atoms with E-state index in [0.717, 1.165) is 28.6 Å². The number of hydrogen-bond donors (Lipinski definition) is 5. The van der Waals surface area contributed by atoms with Crippen molar-refractivity contribution in [3.8, 4) is 0 Å². The Morgan fingerprint density at radius 1 is 0.911 bits per heavy atom. The highest BCUT2D eigenvalue weighted by atomic mass is 32.2. The van der Waals surface area contributed by atoms with E-state index in [1.165, 1.54) is 12.1 Å². The van der Waals surface area contributed by atoms with Crippen molar-refractivity contribution < 1.29 is 38.0 Å². The Balaban J connectivity index is 1.47. The zero-order valence-corrected chi connectivity index (χ0v) is 26.3. The predicted molar refractivity (Wildman–Crippen MR) is 170 cm³/mol. The van der Waals surface area contributed by atoms with Crippen LogP contribution in [0.15, 0.2) is 72.8 Å². The largest absolute Gasteiger partial charge is 0.393 e. The highest BCUT2D eigenvalue weighted by Gasteiger charge is 2.48. The van der Waals surface area contributed by atoms with E-state index in [0.29, 0.717) is 50.6 Å². The Morgan fingerprint density at radius 2 is 1.49 bits per heavy atom. The summed E-state index contributed by atoms with van der Waals surface area (Å²) in [4.78, 5) is 15.3. The number of β-lactam (4-membered cyclic amide) rings is 1. The third-order valence-electron chi connectivity index (χ3n) is 8.46. The Bertz CT molecular complexity index is 1500. The van der Waals surface area contributed by atoms with E-state index in [-0.39, 0.29) is 30.1 Å². The molecule has 3 atom stereocenters. The van der Waals surface area contributed by atoms with Crippen LogP contribution in [-0.2, 0) is 27.7 Å². The Hall–Kier alpha value is -3.19. The van der Waals surface area contributed by atoms with Crippen molar-refractivity contribution >= 4 is 21.6 Å². The van der Waals surface area contributed by atoms with Crippen molar-refractivity contribution in [2.45, 2.75) is 62.7 Å². The SMILES string of the molecule is CS(=O)(=O)NCCCc1ccc(N2C(=O)C(CCC(O)c3ccc(F)cc3)C2c2ccc(CCCC(O)(CO)CO)cc2)cc1. The smallest absolute Gasteiger partial charge is 0.233 e. The van der Waals surface area contributed by atoms with Crippen LogP contribution in [0.4, 0.5) is 10.1 Å². The maximum atomic E-state index is 13.6. The molecule has 3 aromatic carbocycles. The number of amides is 1. The first kappa shape index (κ1) is 34.7. The average Bonchev–Trinajstić information content (AvgIpc) is 3.02. The standard InChI is InChI=1S/C34H43FN2O7S/c1-45(43,44)36-21-3-5-25-8-16-29(17-9-25)37-32(27-10-6-24(7-11-27)4-2-20-34(42,22-38)23-39)30(33(37)41)18-19-31(40)26-12-14-28(35)15-13-26/h6-17,30-32,36,38-40,42H,2-5,18-23H2,1H3. The summed E-state index contributed by atoms with van der Waals surface area (Å²) in [7, 11) is -3.23. The van der Waals surface area contributed by atoms with Crippen LogP contribution in [0.3, 0.4) is 0 Å². The topological polar surface area (TPSA) is 147 Å². The van der Waals surface area contributed by atoms with E-state index in [4.69, 9.17) is 0 Å². The van der Waals surface area contributed by atoms with Crippen LogP contribution in [0.2, 0.25) is 0 Å². The lowest BCUT2D eigenvalue weighted by Gasteiger charge is -2.48. The number of aliphatic hydroxyl groups is 4. The molecular weight excluding hydrogens is 599 g/mol. The van der Waals surface area contributed by atoms with Gasteiger partial charge in [-0.3, -0.25) is 4.79 Å². The number of rotatable bonds is 17. The second-order valence-electron chi connectivity index (χ2n) is 12.0. The molecule has 11 heteroatoms. The fourth-order valence-corrected chi connectivity index (χ4v) is 6.29. The van der Waals surface area contributed by atoms with E-state index in [1.54, 1.807) is 17.0 Å². The number of hydrogen-bond acceptors (Lipinski definition) is 7. The molecule has 1 saturated heterocycles. The van der Waals surface area contributed by atoms with E-state index in [9.17, 15) is 38.0 Å². The van der Waals surface area contributed by atoms with Crippen LogP contribution in [0.5, 0.6) is 0 Å². The van der Waals surface area contributed by atoms with Crippen LogP contribution >= 0.6 is 0 Å². The summed E-state index contributed by atoms with van der Waals surface area (Å²) < 4.78 is 38.4. The molecule has 0 saturated carbocycles. The summed E-state index contributed by atoms with van der Waals surface area (Å²) in [6.45, 7) is -0.669. The molecule has 3 aromatic rings. The fraction of sp³-hybridized carbons (Fsp3) is 0.441. The van der Waals surface area contributed by atoms with Crippen molar-refractivity contribution in [1.29, 1.82) is 0 Å². The summed E-state index contributed by atoms with van der Waals surface area (Å²) in [5, 5.41) is 39.5. The quantitative estimate of drug-likeness (QED) is 0.112. The molecule has 0 spiro atoms. The Kier molecular flexibility index (Phi) is 11.9. The molecule has 0 aromatic heterocycles. The number of halogens is 1. The second kappa shape index (κ2) is 15.4. The molecule has 4 rings (SSSR count). The molecule has 0 radical (unpaired) electrons. The summed E-state index contributed by atoms with van der Waals surface area (Å²) >= 11 is 0. The number of carbonyl (C=O) groups is 1. The third-order valence-corrected chi connectivity index (χ3v) is 9.19. The van der Waals surface area contributed by atoms with E-state index in [1.807, 2.05) is 48.5 Å². The average molecular weight is 643 g/mol. The fourth-order valence-electron chi connectivity index (χ4n) is 5.77. The number of benzene rings is 3. The van der Waals surface area contributed by atoms with Gasteiger partial charge < -0.3 is 25.3 Å². The van der Waals surface area contributed by atoms with Gasteiger partial charge in [-0.25, -0.2) is 17.5 Å². The zero-order valence-electron chi connectivity index (χ0n) is 25.5. The monoisotopic (exact) mass is 642 g/mol. The normalized spacial score (nSPS) is 17.7. The molecular formula is C34H43FN2O7S. The van der Waals surface area contributed by atoms with Gasteiger partial charge in [0.1, 0.15) is 11.4 Å². The van der Waals surface area contributed by atoms with Gasteiger partial charge in [-0.2, -0.15) is 0 Å². The molecule has 1 aliphatic heterocycles. The van der Waals surface area contributed by atoms with Crippen molar-refractivity contribution in [3.05, 3.63) is 101 Å². The van der Waals surface area contributed by atoms with Crippen molar-refractivity contribution in [2.24, 2.45) is 5.92 Å².